The molecule has 23 heavy (non-hydrogen) atoms. The van der Waals surface area contributed by atoms with Gasteiger partial charge in [0.25, 0.3) is 0 Å². The molecule has 4 nitrogen and oxygen atoms in total. The summed E-state index contributed by atoms with van der Waals surface area (Å²) in [7, 11) is -2.87. The van der Waals surface area contributed by atoms with Crippen molar-refractivity contribution >= 4 is 20.4 Å². The van der Waals surface area contributed by atoms with E-state index in [9.17, 15) is 21.8 Å². The van der Waals surface area contributed by atoms with Gasteiger partial charge in [-0.15, -0.1) is 0 Å². The van der Waals surface area contributed by atoms with Crippen LogP contribution in [0, 0.1) is 5.82 Å². The second-order valence-electron chi connectivity index (χ2n) is 4.79. The number of halogens is 4. The maximum Gasteiger partial charge on any atom is 0.433 e. The first-order valence-corrected chi connectivity index (χ1v) is 8.32. The van der Waals surface area contributed by atoms with Crippen LogP contribution in [0.2, 0.25) is 0 Å². The number of alkyl halides is 3. The molecule has 0 aliphatic carbocycles. The molecule has 2 aromatic rings. The van der Waals surface area contributed by atoms with E-state index in [1.807, 2.05) is 0 Å². The molecule has 2 rings (SSSR count). The topological polar surface area (TPSA) is 54.9 Å². The quantitative estimate of drug-likeness (QED) is 0.527. The van der Waals surface area contributed by atoms with Crippen molar-refractivity contribution in [2.45, 2.75) is 13.1 Å². The first-order valence-electron chi connectivity index (χ1n) is 6.35. The largest absolute Gasteiger partial charge is 0.433 e. The van der Waals surface area contributed by atoms with Crippen LogP contribution in [0.3, 0.4) is 0 Å². The predicted molar refractivity (Wildman–Crippen MR) is 80.9 cm³/mol. The Morgan fingerprint density at radius 3 is 2.43 bits per heavy atom. The number of hydrogen-bond acceptors (Lipinski definition) is 3. The summed E-state index contributed by atoms with van der Waals surface area (Å²) in [5.74, 6) is -0.483. The molecule has 0 radical (unpaired) electrons. The van der Waals surface area contributed by atoms with Gasteiger partial charge in [-0.05, 0) is 19.1 Å². The molecule has 0 spiro atoms. The van der Waals surface area contributed by atoms with Crippen molar-refractivity contribution in [1.29, 1.82) is 0 Å². The lowest BCUT2D eigenvalue weighted by atomic mass is 10.2. The fourth-order valence-corrected chi connectivity index (χ4v) is 2.97. The van der Waals surface area contributed by atoms with Crippen LogP contribution in [0.1, 0.15) is 18.2 Å². The number of nitrogens with zero attached hydrogens (tertiary/aromatic N) is 2. The highest BCUT2D eigenvalue weighted by molar-refractivity contribution is 8.03. The summed E-state index contributed by atoms with van der Waals surface area (Å²) in [6.45, 7) is 1.50. The van der Waals surface area contributed by atoms with Crippen molar-refractivity contribution in [3.05, 3.63) is 53.7 Å². The molecule has 0 bridgehead atoms. The van der Waals surface area contributed by atoms with E-state index in [4.69, 9.17) is 0 Å². The maximum absolute atomic E-state index is 13.1. The molecular formula is C14H13F4N3OS. The van der Waals surface area contributed by atoms with Crippen molar-refractivity contribution in [2.24, 2.45) is 0 Å². The van der Waals surface area contributed by atoms with Crippen LogP contribution in [-0.4, -0.2) is 25.3 Å². The first kappa shape index (κ1) is 17.2. The molecule has 0 aromatic carbocycles. The van der Waals surface area contributed by atoms with E-state index in [1.54, 1.807) is 0 Å². The zero-order valence-electron chi connectivity index (χ0n) is 12.2. The van der Waals surface area contributed by atoms with Gasteiger partial charge in [0.05, 0.1) is 9.71 Å². The van der Waals surface area contributed by atoms with Gasteiger partial charge in [0.15, 0.2) is 0 Å². The van der Waals surface area contributed by atoms with E-state index in [2.05, 4.69) is 14.7 Å². The minimum Gasteiger partial charge on any atom is -0.297 e. The molecule has 0 saturated heterocycles. The van der Waals surface area contributed by atoms with Crippen LogP contribution in [0.15, 0.2) is 36.7 Å². The van der Waals surface area contributed by atoms with Gasteiger partial charge >= 0.3 is 6.18 Å². The predicted octanol–water partition coefficient (Wildman–Crippen LogP) is 3.12. The highest BCUT2D eigenvalue weighted by atomic mass is 32.2. The van der Waals surface area contributed by atoms with E-state index in [-0.39, 0.29) is 16.2 Å². The fourth-order valence-electron chi connectivity index (χ4n) is 1.73. The van der Waals surface area contributed by atoms with Gasteiger partial charge < -0.3 is 0 Å². The Bertz CT molecular complexity index is 825. The normalized spacial score (nSPS) is 14.2. The third-order valence-electron chi connectivity index (χ3n) is 3.07. The Morgan fingerprint density at radius 2 is 1.91 bits per heavy atom. The van der Waals surface area contributed by atoms with E-state index < -0.39 is 27.4 Å². The molecule has 1 N–H and O–H groups in total. The third kappa shape index (κ3) is 4.19. The molecule has 0 fully saturated rings. The molecule has 2 aromatic heterocycles. The van der Waals surface area contributed by atoms with Gasteiger partial charge in [-0.2, -0.15) is 13.2 Å². The molecule has 1 unspecified atom stereocenters. The summed E-state index contributed by atoms with van der Waals surface area (Å²) >= 11 is 0. The van der Waals surface area contributed by atoms with E-state index >= 15 is 0 Å². The van der Waals surface area contributed by atoms with Gasteiger partial charge in [-0.1, -0.05) is 6.07 Å². The Kier molecular flexibility index (Phi) is 4.60. The van der Waals surface area contributed by atoms with Gasteiger partial charge in [-0.3, -0.25) is 9.71 Å². The van der Waals surface area contributed by atoms with E-state index in [1.165, 1.54) is 25.4 Å². The third-order valence-corrected chi connectivity index (χ3v) is 5.07. The highest BCUT2D eigenvalue weighted by Crippen LogP contribution is 2.27. The molecule has 2 heterocycles. The zero-order chi connectivity index (χ0) is 17.3. The van der Waals surface area contributed by atoms with Crippen LogP contribution in [-0.2, 0) is 15.9 Å². The molecule has 1 atom stereocenters. The monoisotopic (exact) mass is 347 g/mol. The van der Waals surface area contributed by atoms with Crippen molar-refractivity contribution in [2.75, 3.05) is 11.0 Å². The number of rotatable bonds is 3. The number of anilines is 1. The lowest BCUT2D eigenvalue weighted by molar-refractivity contribution is -0.141. The lowest BCUT2D eigenvalue weighted by Crippen LogP contribution is -2.21. The van der Waals surface area contributed by atoms with Gasteiger partial charge in [0.2, 0.25) is 0 Å². The van der Waals surface area contributed by atoms with Gasteiger partial charge in [0.1, 0.15) is 17.3 Å². The second kappa shape index (κ2) is 6.15. The number of pyridine rings is 2. The van der Waals surface area contributed by atoms with Crippen LogP contribution in [0.4, 0.5) is 23.4 Å². The summed E-state index contributed by atoms with van der Waals surface area (Å²) in [6.07, 6.45) is -0.972. The number of nitrogens with one attached hydrogen (secondary N) is 1. The van der Waals surface area contributed by atoms with E-state index in [0.717, 1.165) is 24.4 Å². The van der Waals surface area contributed by atoms with Crippen molar-refractivity contribution in [3.63, 3.8) is 0 Å². The first-order chi connectivity index (χ1) is 10.6. The summed E-state index contributed by atoms with van der Waals surface area (Å²) in [4.78, 5) is 7.45. The molecule has 0 amide bonds. The molecule has 0 aliphatic rings. The minimum atomic E-state index is -4.54. The van der Waals surface area contributed by atoms with Crippen molar-refractivity contribution < 1.29 is 21.8 Å². The van der Waals surface area contributed by atoms with Crippen LogP contribution < -0.4 is 4.72 Å². The SMILES string of the molecule is CC(c1ccc(C(F)(F)F)nc1)=S(C)(=O)Nc1cc(F)ccn1. The number of aromatic nitrogens is 2. The summed E-state index contributed by atoms with van der Waals surface area (Å²) in [6, 6.07) is 4.21. The van der Waals surface area contributed by atoms with E-state index in [0.29, 0.717) is 0 Å². The summed E-state index contributed by atoms with van der Waals surface area (Å²) in [5.41, 5.74) is -0.745. The second-order valence-corrected chi connectivity index (χ2v) is 7.29. The Hall–Kier alpha value is -2.16. The smallest absolute Gasteiger partial charge is 0.297 e. The maximum atomic E-state index is 13.1. The average Bonchev–Trinajstić information content (AvgIpc) is 2.45. The van der Waals surface area contributed by atoms with Crippen molar-refractivity contribution in [3.8, 4) is 0 Å². The van der Waals surface area contributed by atoms with Gasteiger partial charge in [-0.25, -0.2) is 13.6 Å². The van der Waals surface area contributed by atoms with Crippen LogP contribution >= 0.6 is 0 Å². The van der Waals surface area contributed by atoms with Crippen molar-refractivity contribution in [1.82, 2.24) is 9.97 Å². The molecule has 0 aliphatic heterocycles. The average molecular weight is 347 g/mol. The molecule has 0 saturated carbocycles. The minimum absolute atomic E-state index is 0.0664. The summed E-state index contributed by atoms with van der Waals surface area (Å²) < 4.78 is 65.9. The molecule has 124 valence electrons. The fraction of sp³-hybridized carbons (Fsp3) is 0.214. The van der Waals surface area contributed by atoms with Crippen LogP contribution in [0.5, 0.6) is 0 Å². The lowest BCUT2D eigenvalue weighted by Gasteiger charge is -2.14. The zero-order valence-corrected chi connectivity index (χ0v) is 13.0. The number of hydrogen-bond donors (Lipinski definition) is 1. The van der Waals surface area contributed by atoms with Crippen LogP contribution in [0.25, 0.3) is 0 Å². The molecule has 9 heteroatoms. The highest BCUT2D eigenvalue weighted by Gasteiger charge is 2.32. The molecular weight excluding hydrogens is 334 g/mol. The Balaban J connectivity index is 2.37. The summed E-state index contributed by atoms with van der Waals surface area (Å²) in [5, 5.41) is 0. The van der Waals surface area contributed by atoms with Gasteiger partial charge in [0, 0.05) is 35.1 Å². The Morgan fingerprint density at radius 1 is 1.22 bits per heavy atom. The Labute approximate surface area is 130 Å². The standard InChI is InChI=1S/C14H13F4N3OS/c1-9(10-3-4-12(20-8-10)14(16,17)18)23(2,22)21-13-7-11(15)5-6-19-13/h3-8H,1-2H3,(H,19,21,22).